The number of hydrogen-bond donors (Lipinski definition) is 0. The summed E-state index contributed by atoms with van der Waals surface area (Å²) in [6.45, 7) is 2.26. The molecule has 0 spiro atoms. The maximum Gasteiger partial charge on any atom is 0.416 e. The van der Waals surface area contributed by atoms with Crippen molar-refractivity contribution in [2.45, 2.75) is 43.7 Å². The van der Waals surface area contributed by atoms with Crippen LogP contribution in [0.15, 0.2) is 53.4 Å². The van der Waals surface area contributed by atoms with E-state index in [9.17, 15) is 26.4 Å². The van der Waals surface area contributed by atoms with E-state index < -0.39 is 34.2 Å². The van der Waals surface area contributed by atoms with Crippen molar-refractivity contribution in [3.05, 3.63) is 59.7 Å². The van der Waals surface area contributed by atoms with Gasteiger partial charge in [-0.2, -0.15) is 13.2 Å². The molecule has 1 heterocycles. The lowest BCUT2D eigenvalue weighted by atomic mass is 10.2. The Balaban J connectivity index is 2.01. The number of rotatable bonds is 5. The Morgan fingerprint density at radius 3 is 2.19 bits per heavy atom. The van der Waals surface area contributed by atoms with Gasteiger partial charge >= 0.3 is 6.18 Å². The van der Waals surface area contributed by atoms with Crippen LogP contribution in [0.25, 0.3) is 0 Å². The summed E-state index contributed by atoms with van der Waals surface area (Å²) in [6, 6.07) is 10.0. The van der Waals surface area contributed by atoms with Crippen molar-refractivity contribution in [2.24, 2.45) is 0 Å². The zero-order chi connectivity index (χ0) is 22.6. The van der Waals surface area contributed by atoms with E-state index in [0.717, 1.165) is 53.8 Å². The van der Waals surface area contributed by atoms with Crippen LogP contribution in [0.4, 0.5) is 18.9 Å². The molecular weight excluding hydrogens is 429 g/mol. The van der Waals surface area contributed by atoms with Gasteiger partial charge in [0.15, 0.2) is 0 Å². The summed E-state index contributed by atoms with van der Waals surface area (Å²) < 4.78 is 67.3. The van der Waals surface area contributed by atoms with Crippen LogP contribution in [-0.2, 0) is 21.0 Å². The molecular formula is C22H25F3N2O3S. The van der Waals surface area contributed by atoms with E-state index in [1.807, 2.05) is 0 Å². The number of benzene rings is 2. The third kappa shape index (κ3) is 5.58. The second-order valence-corrected chi connectivity index (χ2v) is 9.53. The van der Waals surface area contributed by atoms with Gasteiger partial charge in [0, 0.05) is 13.1 Å². The van der Waals surface area contributed by atoms with Crippen molar-refractivity contribution in [3.63, 3.8) is 0 Å². The molecule has 1 aliphatic heterocycles. The molecule has 5 nitrogen and oxygen atoms in total. The maximum absolute atomic E-state index is 13.4. The predicted octanol–water partition coefficient (Wildman–Crippen LogP) is 4.61. The van der Waals surface area contributed by atoms with Gasteiger partial charge in [-0.05, 0) is 50.1 Å². The molecule has 0 aliphatic carbocycles. The Hall–Kier alpha value is -2.55. The Labute approximate surface area is 180 Å². The van der Waals surface area contributed by atoms with Gasteiger partial charge in [-0.25, -0.2) is 8.42 Å². The molecule has 0 radical (unpaired) electrons. The zero-order valence-corrected chi connectivity index (χ0v) is 18.0. The van der Waals surface area contributed by atoms with Gasteiger partial charge in [0.2, 0.25) is 5.91 Å². The van der Waals surface area contributed by atoms with Gasteiger partial charge in [0.25, 0.3) is 10.0 Å². The molecule has 1 fully saturated rings. The minimum atomic E-state index is -4.63. The highest BCUT2D eigenvalue weighted by Gasteiger charge is 2.34. The van der Waals surface area contributed by atoms with E-state index in [1.165, 1.54) is 18.2 Å². The van der Waals surface area contributed by atoms with Crippen molar-refractivity contribution in [1.82, 2.24) is 4.90 Å². The second kappa shape index (κ2) is 9.30. The lowest BCUT2D eigenvalue weighted by Crippen LogP contribution is -2.43. The van der Waals surface area contributed by atoms with E-state index >= 15 is 0 Å². The molecule has 9 heteroatoms. The van der Waals surface area contributed by atoms with E-state index in [2.05, 4.69) is 0 Å². The van der Waals surface area contributed by atoms with Crippen molar-refractivity contribution in [2.75, 3.05) is 23.9 Å². The molecule has 0 aromatic heterocycles. The molecule has 0 unspecified atom stereocenters. The summed E-state index contributed by atoms with van der Waals surface area (Å²) in [6.07, 6.45) is -1.02. The summed E-state index contributed by atoms with van der Waals surface area (Å²) in [7, 11) is -4.26. The number of carbonyl (C=O) groups excluding carboxylic acids is 1. The van der Waals surface area contributed by atoms with Crippen LogP contribution >= 0.6 is 0 Å². The topological polar surface area (TPSA) is 57.7 Å². The average molecular weight is 455 g/mol. The van der Waals surface area contributed by atoms with Crippen LogP contribution in [0.1, 0.15) is 36.8 Å². The van der Waals surface area contributed by atoms with Gasteiger partial charge in [-0.15, -0.1) is 0 Å². The van der Waals surface area contributed by atoms with Crippen LogP contribution in [0, 0.1) is 6.92 Å². The number of nitrogens with zero attached hydrogens (tertiary/aromatic N) is 2. The molecule has 1 saturated heterocycles. The molecule has 0 atom stereocenters. The number of carbonyl (C=O) groups is 1. The first kappa shape index (κ1) is 23.1. The van der Waals surface area contributed by atoms with Gasteiger partial charge in [0.05, 0.1) is 16.1 Å². The summed E-state index contributed by atoms with van der Waals surface area (Å²) >= 11 is 0. The number of alkyl halides is 3. The van der Waals surface area contributed by atoms with Crippen LogP contribution < -0.4 is 4.31 Å². The number of anilines is 1. The fourth-order valence-corrected chi connectivity index (χ4v) is 4.94. The van der Waals surface area contributed by atoms with Crippen LogP contribution in [-0.4, -0.2) is 38.9 Å². The Morgan fingerprint density at radius 2 is 1.61 bits per heavy atom. The maximum atomic E-state index is 13.4. The highest BCUT2D eigenvalue weighted by molar-refractivity contribution is 7.92. The van der Waals surface area contributed by atoms with Crippen LogP contribution in [0.3, 0.4) is 0 Å². The van der Waals surface area contributed by atoms with Crippen molar-refractivity contribution in [3.8, 4) is 0 Å². The SMILES string of the molecule is Cc1ccc(S(=O)(=O)N(CC(=O)N2CCCCCC2)c2cccc(C(F)(F)F)c2)cc1. The standard InChI is InChI=1S/C22H25F3N2O3S/c1-17-9-11-20(12-10-17)31(29,30)27(16-21(28)26-13-4-2-3-5-14-26)19-8-6-7-18(15-19)22(23,24)25/h6-12,15H,2-5,13-14,16H2,1H3. The fourth-order valence-electron chi connectivity index (χ4n) is 3.53. The molecule has 31 heavy (non-hydrogen) atoms. The molecule has 3 rings (SSSR count). The number of aryl methyl sites for hydroxylation is 1. The smallest absolute Gasteiger partial charge is 0.341 e. The average Bonchev–Trinajstić information content (AvgIpc) is 3.01. The van der Waals surface area contributed by atoms with E-state index in [0.29, 0.717) is 13.1 Å². The molecule has 2 aromatic rings. The minimum Gasteiger partial charge on any atom is -0.341 e. The number of sulfonamides is 1. The minimum absolute atomic E-state index is 0.0841. The lowest BCUT2D eigenvalue weighted by molar-refractivity contribution is -0.137. The molecule has 1 aliphatic rings. The van der Waals surface area contributed by atoms with Gasteiger partial charge in [0.1, 0.15) is 6.54 Å². The van der Waals surface area contributed by atoms with Crippen molar-refractivity contribution < 1.29 is 26.4 Å². The van der Waals surface area contributed by atoms with Crippen molar-refractivity contribution in [1.29, 1.82) is 0 Å². The first-order valence-corrected chi connectivity index (χ1v) is 11.6. The van der Waals surface area contributed by atoms with Gasteiger partial charge < -0.3 is 4.90 Å². The molecule has 1 amide bonds. The van der Waals surface area contributed by atoms with Crippen LogP contribution in [0.2, 0.25) is 0 Å². The normalized spacial score (nSPS) is 15.4. The highest BCUT2D eigenvalue weighted by Crippen LogP contribution is 2.33. The van der Waals surface area contributed by atoms with Gasteiger partial charge in [-0.3, -0.25) is 9.10 Å². The highest BCUT2D eigenvalue weighted by atomic mass is 32.2. The summed E-state index contributed by atoms with van der Waals surface area (Å²) in [4.78, 5) is 14.5. The van der Waals surface area contributed by atoms with E-state index in [1.54, 1.807) is 24.0 Å². The largest absolute Gasteiger partial charge is 0.416 e. The lowest BCUT2D eigenvalue weighted by Gasteiger charge is -2.28. The summed E-state index contributed by atoms with van der Waals surface area (Å²) in [5.41, 5.74) is -0.333. The number of hydrogen-bond acceptors (Lipinski definition) is 3. The predicted molar refractivity (Wildman–Crippen MR) is 112 cm³/mol. The number of amides is 1. The van der Waals surface area contributed by atoms with E-state index in [-0.39, 0.29) is 10.6 Å². The Morgan fingerprint density at radius 1 is 1.00 bits per heavy atom. The summed E-state index contributed by atoms with van der Waals surface area (Å²) in [5.74, 6) is -0.421. The molecule has 0 bridgehead atoms. The first-order chi connectivity index (χ1) is 14.6. The zero-order valence-electron chi connectivity index (χ0n) is 17.2. The summed E-state index contributed by atoms with van der Waals surface area (Å²) in [5, 5.41) is 0. The second-order valence-electron chi connectivity index (χ2n) is 7.67. The molecule has 0 N–H and O–H groups in total. The quantitative estimate of drug-likeness (QED) is 0.663. The molecule has 168 valence electrons. The monoisotopic (exact) mass is 454 g/mol. The number of likely N-dealkylation sites (tertiary alicyclic amines) is 1. The van der Waals surface area contributed by atoms with Crippen LogP contribution in [0.5, 0.6) is 0 Å². The fraction of sp³-hybridized carbons (Fsp3) is 0.409. The third-order valence-corrected chi connectivity index (χ3v) is 7.10. The first-order valence-electron chi connectivity index (χ1n) is 10.1. The Kier molecular flexibility index (Phi) is 6.93. The van der Waals surface area contributed by atoms with Crippen molar-refractivity contribution >= 4 is 21.6 Å². The van der Waals surface area contributed by atoms with Gasteiger partial charge in [-0.1, -0.05) is 36.6 Å². The molecule has 0 saturated carbocycles. The number of halogens is 3. The van der Waals surface area contributed by atoms with E-state index in [4.69, 9.17) is 0 Å². The Bertz CT molecular complexity index is 1010. The third-order valence-electron chi connectivity index (χ3n) is 5.31. The molecule has 2 aromatic carbocycles.